The lowest BCUT2D eigenvalue weighted by atomic mass is 10.1. The van der Waals surface area contributed by atoms with Crippen LogP contribution >= 0.6 is 0 Å². The molecule has 0 atom stereocenters. The van der Waals surface area contributed by atoms with Crippen LogP contribution < -0.4 is 5.32 Å². The molecule has 0 saturated carbocycles. The van der Waals surface area contributed by atoms with Crippen LogP contribution in [0.25, 0.3) is 0 Å². The van der Waals surface area contributed by atoms with Gasteiger partial charge in [0.15, 0.2) is 0 Å². The van der Waals surface area contributed by atoms with Gasteiger partial charge in [0.1, 0.15) is 0 Å². The Hall–Kier alpha value is -0.570. The first kappa shape index (κ1) is 16.8. The highest BCUT2D eigenvalue weighted by Gasteiger charge is 2.16. The van der Waals surface area contributed by atoms with Crippen molar-refractivity contribution < 1.29 is 4.79 Å². The van der Waals surface area contributed by atoms with Crippen LogP contribution in [0.1, 0.15) is 47.5 Å². The molecule has 1 rings (SSSR count). The number of carbonyl (C=O) groups is 1. The SMILES string of the molecule is CC.CC.CC(=O)NC1CCN(C)CC1. The van der Waals surface area contributed by atoms with E-state index >= 15 is 0 Å². The summed E-state index contributed by atoms with van der Waals surface area (Å²) in [6.07, 6.45) is 2.19. The van der Waals surface area contributed by atoms with Gasteiger partial charge in [0.25, 0.3) is 0 Å². The number of amides is 1. The zero-order valence-electron chi connectivity index (χ0n) is 11.3. The van der Waals surface area contributed by atoms with Gasteiger partial charge in [0.2, 0.25) is 5.91 Å². The van der Waals surface area contributed by atoms with Crippen molar-refractivity contribution >= 4 is 5.91 Å². The second-order valence-corrected chi connectivity index (χ2v) is 3.28. The molecule has 1 aliphatic heterocycles. The maximum Gasteiger partial charge on any atom is 0.217 e. The number of piperidine rings is 1. The molecular weight excluding hydrogens is 188 g/mol. The Morgan fingerprint density at radius 2 is 1.53 bits per heavy atom. The number of nitrogens with zero attached hydrogens (tertiary/aromatic N) is 1. The Bertz CT molecular complexity index is 141. The third-order valence-electron chi connectivity index (χ3n) is 2.13. The first-order valence-electron chi connectivity index (χ1n) is 6.14. The lowest BCUT2D eigenvalue weighted by Gasteiger charge is -2.29. The summed E-state index contributed by atoms with van der Waals surface area (Å²) in [7, 11) is 2.12. The van der Waals surface area contributed by atoms with E-state index < -0.39 is 0 Å². The molecule has 15 heavy (non-hydrogen) atoms. The Balaban J connectivity index is 0. The minimum absolute atomic E-state index is 0.0968. The minimum atomic E-state index is 0.0968. The van der Waals surface area contributed by atoms with Gasteiger partial charge in [0, 0.05) is 13.0 Å². The smallest absolute Gasteiger partial charge is 0.217 e. The average molecular weight is 216 g/mol. The summed E-state index contributed by atoms with van der Waals surface area (Å²) in [5.41, 5.74) is 0. The highest BCUT2D eigenvalue weighted by Crippen LogP contribution is 2.07. The molecule has 1 N–H and O–H groups in total. The van der Waals surface area contributed by atoms with E-state index in [0.29, 0.717) is 6.04 Å². The molecule has 1 heterocycles. The average Bonchev–Trinajstić information content (AvgIpc) is 2.27. The van der Waals surface area contributed by atoms with Crippen molar-refractivity contribution in [3.63, 3.8) is 0 Å². The Labute approximate surface area is 95.2 Å². The van der Waals surface area contributed by atoms with E-state index in [1.165, 1.54) is 0 Å². The Morgan fingerprint density at radius 1 is 1.13 bits per heavy atom. The summed E-state index contributed by atoms with van der Waals surface area (Å²) in [5.74, 6) is 0.0968. The van der Waals surface area contributed by atoms with Gasteiger partial charge in [-0.2, -0.15) is 0 Å². The summed E-state index contributed by atoms with van der Waals surface area (Å²) in [6, 6.07) is 0.420. The molecule has 3 nitrogen and oxygen atoms in total. The summed E-state index contributed by atoms with van der Waals surface area (Å²) >= 11 is 0. The molecular formula is C12H28N2O. The fourth-order valence-electron chi connectivity index (χ4n) is 1.44. The number of rotatable bonds is 1. The maximum absolute atomic E-state index is 10.7. The van der Waals surface area contributed by atoms with E-state index in [-0.39, 0.29) is 5.91 Å². The molecule has 0 aliphatic carbocycles. The molecule has 0 aromatic carbocycles. The van der Waals surface area contributed by atoms with Crippen molar-refractivity contribution in [3.8, 4) is 0 Å². The zero-order valence-corrected chi connectivity index (χ0v) is 11.3. The zero-order chi connectivity index (χ0) is 12.3. The van der Waals surface area contributed by atoms with Gasteiger partial charge in [-0.25, -0.2) is 0 Å². The van der Waals surface area contributed by atoms with Gasteiger partial charge < -0.3 is 10.2 Å². The van der Waals surface area contributed by atoms with Crippen molar-refractivity contribution in [1.29, 1.82) is 0 Å². The minimum Gasteiger partial charge on any atom is -0.354 e. The molecule has 92 valence electrons. The molecule has 0 unspecified atom stereocenters. The summed E-state index contributed by atoms with van der Waals surface area (Å²) in [4.78, 5) is 13.0. The van der Waals surface area contributed by atoms with E-state index in [0.717, 1.165) is 25.9 Å². The van der Waals surface area contributed by atoms with E-state index in [1.807, 2.05) is 27.7 Å². The van der Waals surface area contributed by atoms with E-state index in [9.17, 15) is 4.79 Å². The number of hydrogen-bond donors (Lipinski definition) is 1. The summed E-state index contributed by atoms with van der Waals surface area (Å²) in [5, 5.41) is 2.94. The largest absolute Gasteiger partial charge is 0.354 e. The van der Waals surface area contributed by atoms with Crippen LogP contribution in [-0.2, 0) is 4.79 Å². The van der Waals surface area contributed by atoms with Crippen LogP contribution in [0.15, 0.2) is 0 Å². The van der Waals surface area contributed by atoms with Gasteiger partial charge in [-0.3, -0.25) is 4.79 Å². The Kier molecular flexibility index (Phi) is 12.9. The molecule has 1 amide bonds. The lowest BCUT2D eigenvalue weighted by molar-refractivity contribution is -0.119. The monoisotopic (exact) mass is 216 g/mol. The summed E-state index contributed by atoms with van der Waals surface area (Å²) < 4.78 is 0. The highest BCUT2D eigenvalue weighted by atomic mass is 16.1. The second kappa shape index (κ2) is 11.5. The van der Waals surface area contributed by atoms with Crippen molar-refractivity contribution in [2.75, 3.05) is 20.1 Å². The second-order valence-electron chi connectivity index (χ2n) is 3.28. The van der Waals surface area contributed by atoms with Crippen LogP contribution in [0.5, 0.6) is 0 Å². The molecule has 1 fully saturated rings. The number of nitrogens with one attached hydrogen (secondary N) is 1. The lowest BCUT2D eigenvalue weighted by Crippen LogP contribution is -2.42. The van der Waals surface area contributed by atoms with Gasteiger partial charge in [-0.1, -0.05) is 27.7 Å². The molecule has 3 heteroatoms. The standard InChI is InChI=1S/C8H16N2O.2C2H6/c1-7(11)9-8-3-5-10(2)6-4-8;2*1-2/h8H,3-6H2,1-2H3,(H,9,11);2*1-2H3. The normalized spacial score (nSPS) is 16.7. The molecule has 1 aliphatic rings. The predicted octanol–water partition coefficient (Wildman–Crippen LogP) is 2.27. The number of carbonyl (C=O) groups excluding carboxylic acids is 1. The third kappa shape index (κ3) is 9.73. The van der Waals surface area contributed by atoms with E-state index in [2.05, 4.69) is 17.3 Å². The van der Waals surface area contributed by atoms with Gasteiger partial charge in [-0.05, 0) is 33.0 Å². The first-order chi connectivity index (χ1) is 7.18. The van der Waals surface area contributed by atoms with Gasteiger partial charge in [0.05, 0.1) is 0 Å². The van der Waals surface area contributed by atoms with Crippen LogP contribution in [0, 0.1) is 0 Å². The molecule has 1 saturated heterocycles. The van der Waals surface area contributed by atoms with Crippen molar-refractivity contribution in [2.45, 2.75) is 53.5 Å². The van der Waals surface area contributed by atoms with Crippen molar-refractivity contribution in [3.05, 3.63) is 0 Å². The maximum atomic E-state index is 10.7. The quantitative estimate of drug-likeness (QED) is 0.729. The fraction of sp³-hybridized carbons (Fsp3) is 0.917. The predicted molar refractivity (Wildman–Crippen MR) is 67.0 cm³/mol. The Morgan fingerprint density at radius 3 is 1.87 bits per heavy atom. The molecule has 0 aromatic heterocycles. The molecule has 0 spiro atoms. The number of likely N-dealkylation sites (tertiary alicyclic amines) is 1. The van der Waals surface area contributed by atoms with E-state index in [4.69, 9.17) is 0 Å². The van der Waals surface area contributed by atoms with Crippen LogP contribution in [0.3, 0.4) is 0 Å². The molecule has 0 bridgehead atoms. The topological polar surface area (TPSA) is 32.3 Å². The van der Waals surface area contributed by atoms with E-state index in [1.54, 1.807) is 6.92 Å². The van der Waals surface area contributed by atoms with Crippen LogP contribution in [-0.4, -0.2) is 37.0 Å². The third-order valence-corrected chi connectivity index (χ3v) is 2.13. The fourth-order valence-corrected chi connectivity index (χ4v) is 1.44. The first-order valence-corrected chi connectivity index (χ1v) is 6.14. The van der Waals surface area contributed by atoms with Gasteiger partial charge >= 0.3 is 0 Å². The summed E-state index contributed by atoms with van der Waals surface area (Å²) in [6.45, 7) is 11.8. The van der Waals surface area contributed by atoms with Crippen LogP contribution in [0.4, 0.5) is 0 Å². The highest BCUT2D eigenvalue weighted by molar-refractivity contribution is 5.73. The van der Waals surface area contributed by atoms with Crippen molar-refractivity contribution in [2.24, 2.45) is 0 Å². The van der Waals surface area contributed by atoms with Crippen LogP contribution in [0.2, 0.25) is 0 Å². The molecule has 0 radical (unpaired) electrons. The van der Waals surface area contributed by atoms with Crippen molar-refractivity contribution in [1.82, 2.24) is 10.2 Å². The number of hydrogen-bond acceptors (Lipinski definition) is 2. The molecule has 0 aromatic rings. The van der Waals surface area contributed by atoms with Gasteiger partial charge in [-0.15, -0.1) is 0 Å².